The van der Waals surface area contributed by atoms with Crippen molar-refractivity contribution < 1.29 is 24.5 Å². The van der Waals surface area contributed by atoms with Gasteiger partial charge in [0.25, 0.3) is 5.91 Å². The van der Waals surface area contributed by atoms with Crippen molar-refractivity contribution in [2.45, 2.75) is 44.7 Å². The number of carbonyl (C=O) groups is 2. The quantitative estimate of drug-likeness (QED) is 0.0800. The first-order valence-electron chi connectivity index (χ1n) is 16.6. The number of piperidine rings is 1. The SMILES string of the molecule is COc1ccc2c(c1)C(c1ccc(Cl)cc1)=N[C@@H](CC(=O)NCc1cccc(C3CCN(C(=O)c4ccc(O)c(O)c4)CC3)c1)C(=N)N2C(C)=N. The number of nitrogens with one attached hydrogen (secondary N) is 3. The average molecular weight is 707 g/mol. The van der Waals surface area contributed by atoms with Crippen molar-refractivity contribution in [1.82, 2.24) is 10.2 Å². The summed E-state index contributed by atoms with van der Waals surface area (Å²) in [6.45, 7) is 3.00. The van der Waals surface area contributed by atoms with Crippen LogP contribution in [-0.2, 0) is 11.3 Å². The maximum Gasteiger partial charge on any atom is 0.253 e. The Balaban J connectivity index is 1.14. The number of rotatable bonds is 8. The molecule has 1 fully saturated rings. The van der Waals surface area contributed by atoms with Crippen LogP contribution >= 0.6 is 11.6 Å². The van der Waals surface area contributed by atoms with Crippen molar-refractivity contribution in [1.29, 1.82) is 10.8 Å². The standard InChI is InChI=1S/C39H39ClN6O5/c1-23(41)46-33-12-11-30(51-2)20-31(33)37(26-6-9-29(40)10-7-26)44-32(38(46)42)21-36(49)43-22-24-4-3-5-27(18-24)25-14-16-45(17-15-25)39(50)28-8-13-34(47)35(48)19-28/h3-13,18-20,25,32,41-42,47-48H,14-17,21-22H2,1-2H3,(H,43,49)/t32-/m0/s1. The summed E-state index contributed by atoms with van der Waals surface area (Å²) in [6, 6.07) is 23.9. The molecule has 51 heavy (non-hydrogen) atoms. The second kappa shape index (κ2) is 15.1. The molecule has 4 aromatic rings. The highest BCUT2D eigenvalue weighted by atomic mass is 35.5. The Bertz CT molecular complexity index is 2020. The normalized spacial score (nSPS) is 16.2. The van der Waals surface area contributed by atoms with Crippen LogP contribution in [0.15, 0.2) is 89.9 Å². The van der Waals surface area contributed by atoms with Gasteiger partial charge in [-0.1, -0.05) is 48.0 Å². The second-order valence-corrected chi connectivity index (χ2v) is 13.1. The number of hydrogen-bond acceptors (Lipinski definition) is 8. The predicted octanol–water partition coefficient (Wildman–Crippen LogP) is 6.49. The van der Waals surface area contributed by atoms with Crippen LogP contribution in [-0.4, -0.2) is 70.6 Å². The summed E-state index contributed by atoms with van der Waals surface area (Å²) >= 11 is 6.19. The third-order valence-electron chi connectivity index (χ3n) is 9.29. The number of aliphatic imine (C=N–C) groups is 1. The molecular formula is C39H39ClN6O5. The molecule has 0 radical (unpaired) electrons. The van der Waals surface area contributed by atoms with Gasteiger partial charge in [-0.3, -0.25) is 30.3 Å². The number of amides is 2. The van der Waals surface area contributed by atoms with Gasteiger partial charge in [-0.15, -0.1) is 0 Å². The lowest BCUT2D eigenvalue weighted by atomic mass is 9.88. The van der Waals surface area contributed by atoms with Gasteiger partial charge < -0.3 is 25.2 Å². The lowest BCUT2D eigenvalue weighted by Gasteiger charge is -2.32. The van der Waals surface area contributed by atoms with Crippen LogP contribution in [0.2, 0.25) is 5.02 Å². The van der Waals surface area contributed by atoms with E-state index in [1.807, 2.05) is 30.3 Å². The fourth-order valence-electron chi connectivity index (χ4n) is 6.59. The number of phenolic OH excluding ortho intramolecular Hbond substituents is 2. The van der Waals surface area contributed by atoms with E-state index in [-0.39, 0.29) is 53.9 Å². The molecule has 6 rings (SSSR count). The molecule has 0 aromatic heterocycles. The number of methoxy groups -OCH3 is 1. The van der Waals surface area contributed by atoms with Crippen LogP contribution in [0.4, 0.5) is 5.69 Å². The van der Waals surface area contributed by atoms with Crippen molar-refractivity contribution in [3.63, 3.8) is 0 Å². The molecule has 2 aliphatic heterocycles. The van der Waals surface area contributed by atoms with Gasteiger partial charge in [0.2, 0.25) is 5.91 Å². The van der Waals surface area contributed by atoms with E-state index in [9.17, 15) is 19.8 Å². The van der Waals surface area contributed by atoms with E-state index in [1.165, 1.54) is 23.1 Å². The van der Waals surface area contributed by atoms with Crippen molar-refractivity contribution >= 4 is 46.5 Å². The molecule has 2 amide bonds. The van der Waals surface area contributed by atoms with E-state index in [2.05, 4.69) is 17.4 Å². The number of anilines is 1. The fraction of sp³-hybridized carbons (Fsp3) is 0.256. The van der Waals surface area contributed by atoms with E-state index in [1.54, 1.807) is 43.2 Å². The lowest BCUT2D eigenvalue weighted by Crippen LogP contribution is -2.42. The summed E-state index contributed by atoms with van der Waals surface area (Å²) in [7, 11) is 1.57. The summed E-state index contributed by atoms with van der Waals surface area (Å²) in [4.78, 5) is 34.7. The van der Waals surface area contributed by atoms with Gasteiger partial charge in [-0.2, -0.15) is 0 Å². The third-order valence-corrected chi connectivity index (χ3v) is 9.54. The molecule has 12 heteroatoms. The minimum absolute atomic E-state index is 0.0158. The highest BCUT2D eigenvalue weighted by Gasteiger charge is 2.32. The maximum atomic E-state index is 13.5. The topological polar surface area (TPSA) is 162 Å². The summed E-state index contributed by atoms with van der Waals surface area (Å²) in [6.07, 6.45) is 1.43. The number of nitrogens with zero attached hydrogens (tertiary/aromatic N) is 3. The molecule has 1 saturated heterocycles. The molecule has 0 bridgehead atoms. The molecule has 2 aliphatic rings. The van der Waals surface area contributed by atoms with Crippen LogP contribution in [0.5, 0.6) is 17.2 Å². The highest BCUT2D eigenvalue weighted by molar-refractivity contribution is 6.31. The number of hydrogen-bond donors (Lipinski definition) is 5. The van der Waals surface area contributed by atoms with Crippen molar-refractivity contribution in [2.75, 3.05) is 25.1 Å². The third kappa shape index (κ3) is 7.73. The Kier molecular flexibility index (Phi) is 10.4. The average Bonchev–Trinajstić information content (AvgIpc) is 3.25. The van der Waals surface area contributed by atoms with Gasteiger partial charge in [0.05, 0.1) is 24.9 Å². The van der Waals surface area contributed by atoms with Gasteiger partial charge in [0.1, 0.15) is 23.5 Å². The summed E-state index contributed by atoms with van der Waals surface area (Å²) in [5.74, 6) is -0.0888. The number of ether oxygens (including phenoxy) is 1. The predicted molar refractivity (Wildman–Crippen MR) is 198 cm³/mol. The van der Waals surface area contributed by atoms with E-state index in [0.717, 1.165) is 29.5 Å². The number of aromatic hydroxyl groups is 2. The number of benzene rings is 4. The highest BCUT2D eigenvalue weighted by Crippen LogP contribution is 2.34. The Morgan fingerprint density at radius 3 is 2.41 bits per heavy atom. The minimum Gasteiger partial charge on any atom is -0.504 e. The maximum absolute atomic E-state index is 13.5. The summed E-state index contributed by atoms with van der Waals surface area (Å²) in [5, 5.41) is 40.6. The molecular weight excluding hydrogens is 668 g/mol. The molecule has 11 nitrogen and oxygen atoms in total. The Morgan fingerprint density at radius 1 is 0.980 bits per heavy atom. The number of fused-ring (bicyclic) bond motifs is 1. The van der Waals surface area contributed by atoms with Gasteiger partial charge >= 0.3 is 0 Å². The van der Waals surface area contributed by atoms with Crippen molar-refractivity contribution in [2.24, 2.45) is 4.99 Å². The van der Waals surface area contributed by atoms with Crippen LogP contribution in [0.25, 0.3) is 0 Å². The van der Waals surface area contributed by atoms with Gasteiger partial charge in [-0.05, 0) is 85.3 Å². The molecule has 0 unspecified atom stereocenters. The molecule has 0 aliphatic carbocycles. The Hall–Kier alpha value is -5.68. The number of benzodiazepines with no additional fused rings is 1. The first-order chi connectivity index (χ1) is 24.5. The number of amidine groups is 2. The molecule has 0 spiro atoms. The van der Waals surface area contributed by atoms with Crippen molar-refractivity contribution in [3.8, 4) is 17.2 Å². The van der Waals surface area contributed by atoms with Crippen LogP contribution in [0, 0.1) is 10.8 Å². The molecule has 1 atom stereocenters. The lowest BCUT2D eigenvalue weighted by molar-refractivity contribution is -0.121. The number of halogens is 1. The van der Waals surface area contributed by atoms with E-state index < -0.39 is 6.04 Å². The van der Waals surface area contributed by atoms with Gasteiger partial charge in [-0.25, -0.2) is 0 Å². The Labute approximate surface area is 301 Å². The van der Waals surface area contributed by atoms with E-state index >= 15 is 0 Å². The molecule has 2 heterocycles. The first-order valence-corrected chi connectivity index (χ1v) is 17.0. The number of phenols is 2. The van der Waals surface area contributed by atoms with Crippen LogP contribution < -0.4 is 15.0 Å². The minimum atomic E-state index is -0.876. The molecule has 5 N–H and O–H groups in total. The fourth-order valence-corrected chi connectivity index (χ4v) is 6.72. The van der Waals surface area contributed by atoms with Crippen LogP contribution in [0.1, 0.15) is 64.7 Å². The molecule has 262 valence electrons. The monoisotopic (exact) mass is 706 g/mol. The summed E-state index contributed by atoms with van der Waals surface area (Å²) < 4.78 is 5.50. The van der Waals surface area contributed by atoms with Gasteiger partial charge in [0.15, 0.2) is 11.5 Å². The molecule has 0 saturated carbocycles. The zero-order chi connectivity index (χ0) is 36.2. The number of likely N-dealkylation sites (tertiary alicyclic amines) is 1. The molecule has 4 aromatic carbocycles. The zero-order valence-corrected chi connectivity index (χ0v) is 29.1. The Morgan fingerprint density at radius 2 is 1.73 bits per heavy atom. The van der Waals surface area contributed by atoms with E-state index in [4.69, 9.17) is 32.1 Å². The van der Waals surface area contributed by atoms with Crippen molar-refractivity contribution in [3.05, 3.63) is 118 Å². The van der Waals surface area contributed by atoms with E-state index in [0.29, 0.717) is 46.4 Å². The summed E-state index contributed by atoms with van der Waals surface area (Å²) in [5.41, 5.74) is 4.97. The van der Waals surface area contributed by atoms with Gasteiger partial charge in [0, 0.05) is 41.3 Å². The second-order valence-electron chi connectivity index (χ2n) is 12.7. The number of carbonyl (C=O) groups excluding carboxylic acids is 2. The smallest absolute Gasteiger partial charge is 0.253 e. The zero-order valence-electron chi connectivity index (χ0n) is 28.3. The largest absolute Gasteiger partial charge is 0.504 e. The van der Waals surface area contributed by atoms with Crippen LogP contribution in [0.3, 0.4) is 0 Å². The first kappa shape index (κ1) is 35.2.